The van der Waals surface area contributed by atoms with E-state index in [0.29, 0.717) is 0 Å². The van der Waals surface area contributed by atoms with E-state index < -0.39 is 0 Å². The van der Waals surface area contributed by atoms with Crippen LogP contribution in [0.1, 0.15) is 29.0 Å². The van der Waals surface area contributed by atoms with Crippen molar-refractivity contribution in [2.45, 2.75) is 12.3 Å². The van der Waals surface area contributed by atoms with Gasteiger partial charge in [0.2, 0.25) is 0 Å². The Kier molecular flexibility index (Phi) is 6.86. The van der Waals surface area contributed by atoms with Gasteiger partial charge in [-0.2, -0.15) is 0 Å². The lowest BCUT2D eigenvalue weighted by Gasteiger charge is -2.32. The Labute approximate surface area is 294 Å². The van der Waals surface area contributed by atoms with Gasteiger partial charge in [0.15, 0.2) is 0 Å². The fourth-order valence-electron chi connectivity index (χ4n) is 7.49. The first kappa shape index (κ1) is 29.0. The molecule has 0 aliphatic carbocycles. The van der Waals surface area contributed by atoms with Crippen LogP contribution in [0.15, 0.2) is 175 Å². The summed E-state index contributed by atoms with van der Waals surface area (Å²) in [6, 6.07) is 60.9. The summed E-state index contributed by atoms with van der Waals surface area (Å²) in [6.45, 7) is 0. The van der Waals surface area contributed by atoms with Gasteiger partial charge >= 0.3 is 0 Å². The van der Waals surface area contributed by atoms with Gasteiger partial charge in [-0.25, -0.2) is 4.99 Å². The molecule has 5 heteroatoms. The first-order valence-corrected chi connectivity index (χ1v) is 17.9. The highest BCUT2D eigenvalue weighted by atomic mass is 32.1. The van der Waals surface area contributed by atoms with Crippen LogP contribution in [0.3, 0.4) is 0 Å². The average Bonchev–Trinajstić information content (AvgIpc) is 3.74. The minimum Gasteiger partial charge on any atom is -0.350 e. The van der Waals surface area contributed by atoms with Gasteiger partial charge in [0.1, 0.15) is 18.2 Å². The SMILES string of the molecule is c1ccc(C2=NC(c3ccccc3)NC(c3ccc(-n4c5ccccc5c5cc(-c6cccc7c6sc6ccccc67)ccc54)cc3)N2)cc1. The van der Waals surface area contributed by atoms with Gasteiger partial charge in [0.25, 0.3) is 0 Å². The predicted octanol–water partition coefficient (Wildman–Crippen LogP) is 11.2. The summed E-state index contributed by atoms with van der Waals surface area (Å²) in [5.41, 5.74) is 9.41. The number of para-hydroxylation sites is 1. The van der Waals surface area contributed by atoms with Crippen molar-refractivity contribution in [1.29, 1.82) is 0 Å². The highest BCUT2D eigenvalue weighted by Gasteiger charge is 2.25. The smallest absolute Gasteiger partial charge is 0.131 e. The molecule has 238 valence electrons. The van der Waals surface area contributed by atoms with Crippen molar-refractivity contribution in [3.8, 4) is 16.8 Å². The van der Waals surface area contributed by atoms with Gasteiger partial charge < -0.3 is 9.88 Å². The Morgan fingerprint density at radius 3 is 2.06 bits per heavy atom. The lowest BCUT2D eigenvalue weighted by Crippen LogP contribution is -2.44. The molecule has 0 saturated heterocycles. The summed E-state index contributed by atoms with van der Waals surface area (Å²) in [5, 5.41) is 12.6. The van der Waals surface area contributed by atoms with Crippen LogP contribution in [-0.4, -0.2) is 10.4 Å². The molecule has 0 radical (unpaired) electrons. The number of aliphatic imine (C=N–C) groups is 1. The highest BCUT2D eigenvalue weighted by molar-refractivity contribution is 7.26. The van der Waals surface area contributed by atoms with Crippen LogP contribution in [0, 0.1) is 0 Å². The van der Waals surface area contributed by atoms with Crippen LogP contribution >= 0.6 is 11.3 Å². The minimum atomic E-state index is -0.165. The summed E-state index contributed by atoms with van der Waals surface area (Å²) in [6.07, 6.45) is -0.276. The zero-order valence-electron chi connectivity index (χ0n) is 27.1. The number of nitrogens with one attached hydrogen (secondary N) is 2. The number of rotatable bonds is 5. The number of nitrogens with zero attached hydrogens (tertiary/aromatic N) is 2. The topological polar surface area (TPSA) is 41.4 Å². The van der Waals surface area contributed by atoms with E-state index >= 15 is 0 Å². The van der Waals surface area contributed by atoms with Crippen LogP contribution in [-0.2, 0) is 0 Å². The first-order valence-electron chi connectivity index (χ1n) is 17.0. The Hall–Kier alpha value is -6.01. The summed E-state index contributed by atoms with van der Waals surface area (Å²) < 4.78 is 5.06. The third-order valence-electron chi connectivity index (χ3n) is 9.90. The van der Waals surface area contributed by atoms with E-state index in [1.165, 1.54) is 53.1 Å². The van der Waals surface area contributed by atoms with Crippen molar-refractivity contribution < 1.29 is 0 Å². The molecule has 3 heterocycles. The van der Waals surface area contributed by atoms with E-state index in [1.54, 1.807) is 0 Å². The molecular weight excluding hydrogens is 629 g/mol. The number of amidine groups is 1. The summed E-state index contributed by atoms with van der Waals surface area (Å²) in [4.78, 5) is 5.07. The zero-order chi connectivity index (χ0) is 33.0. The molecule has 50 heavy (non-hydrogen) atoms. The van der Waals surface area contributed by atoms with E-state index in [2.05, 4.69) is 173 Å². The van der Waals surface area contributed by atoms with Crippen molar-refractivity contribution in [3.63, 3.8) is 0 Å². The normalized spacial score (nSPS) is 16.2. The molecule has 0 fully saturated rings. The van der Waals surface area contributed by atoms with Crippen molar-refractivity contribution >= 4 is 59.2 Å². The molecule has 0 bridgehead atoms. The van der Waals surface area contributed by atoms with Gasteiger partial charge in [0.05, 0.1) is 11.0 Å². The number of hydrogen-bond acceptors (Lipinski definition) is 4. The molecule has 0 spiro atoms. The van der Waals surface area contributed by atoms with Gasteiger partial charge in [-0.05, 0) is 58.7 Å². The molecule has 2 unspecified atom stereocenters. The second-order valence-electron chi connectivity index (χ2n) is 12.9. The Morgan fingerprint density at radius 1 is 0.520 bits per heavy atom. The van der Waals surface area contributed by atoms with E-state index in [9.17, 15) is 0 Å². The number of aromatic nitrogens is 1. The van der Waals surface area contributed by atoms with E-state index in [4.69, 9.17) is 4.99 Å². The molecule has 0 amide bonds. The van der Waals surface area contributed by atoms with Crippen molar-refractivity contribution in [3.05, 3.63) is 187 Å². The first-order chi connectivity index (χ1) is 24.8. The third-order valence-corrected chi connectivity index (χ3v) is 11.1. The molecule has 0 saturated carbocycles. The van der Waals surface area contributed by atoms with Crippen LogP contribution < -0.4 is 10.6 Å². The monoisotopic (exact) mass is 660 g/mol. The number of thiophene rings is 1. The second kappa shape index (κ2) is 11.8. The van der Waals surface area contributed by atoms with E-state index in [0.717, 1.165) is 28.2 Å². The summed E-state index contributed by atoms with van der Waals surface area (Å²) in [5.74, 6) is 0.886. The molecule has 7 aromatic carbocycles. The number of fused-ring (bicyclic) bond motifs is 6. The largest absolute Gasteiger partial charge is 0.350 e. The van der Waals surface area contributed by atoms with E-state index in [-0.39, 0.29) is 12.3 Å². The van der Waals surface area contributed by atoms with Gasteiger partial charge in [0, 0.05) is 42.2 Å². The summed E-state index contributed by atoms with van der Waals surface area (Å²) >= 11 is 1.88. The fourth-order valence-corrected chi connectivity index (χ4v) is 8.73. The standard InChI is InChI=1S/C45H32N4S/c1-3-12-29(13-4-1)43-46-44(30-14-5-2-6-15-30)48-45(47-43)31-22-25-33(26-23-31)49-39-20-9-7-16-35(39)38-28-32(24-27-40(38)49)34-18-11-19-37-36-17-8-10-21-41(36)50-42(34)37/h1-28,43,45,47H,(H,46,48). The van der Waals surface area contributed by atoms with Gasteiger partial charge in [-0.1, -0.05) is 133 Å². The minimum absolute atomic E-state index is 0.112. The Balaban J connectivity index is 1.04. The molecule has 4 nitrogen and oxygen atoms in total. The maximum absolute atomic E-state index is 5.07. The quantitative estimate of drug-likeness (QED) is 0.193. The lowest BCUT2D eigenvalue weighted by molar-refractivity contribution is 0.409. The molecule has 9 aromatic rings. The Morgan fingerprint density at radius 2 is 1.22 bits per heavy atom. The number of benzene rings is 7. The summed E-state index contributed by atoms with van der Waals surface area (Å²) in [7, 11) is 0. The fraction of sp³-hybridized carbons (Fsp3) is 0.0444. The van der Waals surface area contributed by atoms with Crippen molar-refractivity contribution in [2.75, 3.05) is 0 Å². The molecular formula is C45H32N4S. The molecule has 10 rings (SSSR count). The maximum atomic E-state index is 5.07. The highest BCUT2D eigenvalue weighted by Crippen LogP contribution is 2.42. The van der Waals surface area contributed by atoms with Gasteiger partial charge in [-0.3, -0.25) is 5.32 Å². The number of hydrogen-bond donors (Lipinski definition) is 2. The van der Waals surface area contributed by atoms with Crippen LogP contribution in [0.5, 0.6) is 0 Å². The molecule has 1 aliphatic rings. The van der Waals surface area contributed by atoms with E-state index in [1.807, 2.05) is 23.5 Å². The maximum Gasteiger partial charge on any atom is 0.131 e. The zero-order valence-corrected chi connectivity index (χ0v) is 27.9. The van der Waals surface area contributed by atoms with Crippen LogP contribution in [0.4, 0.5) is 0 Å². The molecule has 2 N–H and O–H groups in total. The molecule has 2 atom stereocenters. The Bertz CT molecular complexity index is 2710. The average molecular weight is 661 g/mol. The molecule has 2 aromatic heterocycles. The van der Waals surface area contributed by atoms with Crippen molar-refractivity contribution in [2.24, 2.45) is 4.99 Å². The van der Waals surface area contributed by atoms with Crippen molar-refractivity contribution in [1.82, 2.24) is 15.2 Å². The lowest BCUT2D eigenvalue weighted by atomic mass is 10.0. The van der Waals surface area contributed by atoms with Gasteiger partial charge in [-0.15, -0.1) is 11.3 Å². The molecule has 1 aliphatic heterocycles. The van der Waals surface area contributed by atoms with Crippen LogP contribution in [0.2, 0.25) is 0 Å². The third kappa shape index (κ3) is 4.82. The van der Waals surface area contributed by atoms with Crippen LogP contribution in [0.25, 0.3) is 58.8 Å². The predicted molar refractivity (Wildman–Crippen MR) is 210 cm³/mol. The second-order valence-corrected chi connectivity index (χ2v) is 13.9.